The van der Waals surface area contributed by atoms with Crippen molar-refractivity contribution in [2.75, 3.05) is 7.11 Å². The van der Waals surface area contributed by atoms with Crippen LogP contribution in [0.15, 0.2) is 18.2 Å². The number of carbonyl (C=O) groups is 3. The smallest absolute Gasteiger partial charge is 0.684 e. The second-order valence-electron chi connectivity index (χ2n) is 4.01. The van der Waals surface area contributed by atoms with Crippen molar-refractivity contribution in [3.05, 3.63) is 35.1 Å². The van der Waals surface area contributed by atoms with Gasteiger partial charge in [0.2, 0.25) is 11.8 Å². The molecule has 7 heteroatoms. The van der Waals surface area contributed by atoms with Crippen LogP contribution in [-0.2, 0) is 30.7 Å². The number of hydrogen-bond acceptors (Lipinski definition) is 4. The molecule has 6 nitrogen and oxygen atoms in total. The molecule has 104 valence electrons. The van der Waals surface area contributed by atoms with Gasteiger partial charge in [0.15, 0.2) is 0 Å². The van der Waals surface area contributed by atoms with E-state index in [1.807, 2.05) is 0 Å². The maximum absolute atomic E-state index is 12.0. The zero-order valence-electron chi connectivity index (χ0n) is 10.7. The molecule has 1 heterocycles. The van der Waals surface area contributed by atoms with Gasteiger partial charge in [-0.2, -0.15) is 0 Å². The van der Waals surface area contributed by atoms with E-state index in [-0.39, 0.29) is 45.4 Å². The molecule has 0 radical (unpaired) electrons. The molecule has 0 spiro atoms. The van der Waals surface area contributed by atoms with Crippen LogP contribution in [-0.4, -0.2) is 30.9 Å². The molecule has 1 aromatic carbocycles. The summed E-state index contributed by atoms with van der Waals surface area (Å²) in [6, 6.07) is 6.77. The largest absolute Gasteiger partial charge is 2.00 e. The summed E-state index contributed by atoms with van der Waals surface area (Å²) in [6.07, 6.45) is 0.425. The van der Waals surface area contributed by atoms with Crippen molar-refractivity contribution in [2.24, 2.45) is 0 Å². The Morgan fingerprint density at radius 2 is 2.25 bits per heavy atom. The number of hydrogen-bond donors (Lipinski definition) is 1. The maximum Gasteiger partial charge on any atom is 2.00 e. The average Bonchev–Trinajstić information content (AvgIpc) is 2.41. The Bertz CT molecular complexity index is 533. The van der Waals surface area contributed by atoms with Crippen LogP contribution < -0.4 is 10.1 Å². The van der Waals surface area contributed by atoms with Gasteiger partial charge < -0.3 is 14.8 Å². The standard InChI is InChI=1S/C13H13N2O4.W/c1-19-10-5-3-2-4-8(10)12(17)14-9-6-7-11(16)15-13(9)18;/h2-3,5,9H,6-7H2,1H3,(H2,14,15,16,17,18);/q-1;+2/p-1/t9-;/m1./s1. The van der Waals surface area contributed by atoms with Crippen molar-refractivity contribution < 1.29 is 40.2 Å². The van der Waals surface area contributed by atoms with E-state index in [9.17, 15) is 14.4 Å². The van der Waals surface area contributed by atoms with E-state index in [4.69, 9.17) is 4.74 Å². The molecule has 1 aliphatic heterocycles. The number of ether oxygens (including phenoxy) is 1. The fourth-order valence-electron chi connectivity index (χ4n) is 1.77. The summed E-state index contributed by atoms with van der Waals surface area (Å²) in [6.45, 7) is 0. The minimum Gasteiger partial charge on any atom is -0.684 e. The predicted molar refractivity (Wildman–Crippen MR) is 65.7 cm³/mol. The van der Waals surface area contributed by atoms with Gasteiger partial charge in [0.1, 0.15) is 0 Å². The predicted octanol–water partition coefficient (Wildman–Crippen LogP) is 0.812. The van der Waals surface area contributed by atoms with E-state index in [1.165, 1.54) is 7.11 Å². The van der Waals surface area contributed by atoms with E-state index in [1.54, 1.807) is 18.2 Å². The molecule has 1 fully saturated rings. The molecule has 0 bridgehead atoms. The number of imide groups is 1. The van der Waals surface area contributed by atoms with Gasteiger partial charge in [0.05, 0.1) is 7.11 Å². The molecule has 3 amide bonds. The Morgan fingerprint density at radius 1 is 1.50 bits per heavy atom. The third kappa shape index (κ3) is 3.67. The molecule has 2 rings (SSSR count). The van der Waals surface area contributed by atoms with Crippen molar-refractivity contribution in [1.29, 1.82) is 0 Å². The third-order valence-corrected chi connectivity index (χ3v) is 2.73. The number of benzene rings is 1. The number of amides is 3. The minimum absolute atomic E-state index is 0. The summed E-state index contributed by atoms with van der Waals surface area (Å²) < 4.78 is 5.03. The zero-order chi connectivity index (χ0) is 13.8. The first-order valence-electron chi connectivity index (χ1n) is 5.75. The molecule has 1 aliphatic rings. The molecule has 0 aliphatic carbocycles. The summed E-state index contributed by atoms with van der Waals surface area (Å²) in [7, 11) is 1.44. The number of nitrogens with one attached hydrogen (secondary N) is 1. The molecular formula is C13H12N2O4W. The van der Waals surface area contributed by atoms with E-state index in [2.05, 4.69) is 16.7 Å². The molecule has 0 saturated carbocycles. The molecule has 1 saturated heterocycles. The minimum atomic E-state index is -0.830. The van der Waals surface area contributed by atoms with Gasteiger partial charge in [-0.05, 0) is 18.4 Å². The molecule has 0 aromatic heterocycles. The molecule has 20 heavy (non-hydrogen) atoms. The summed E-state index contributed by atoms with van der Waals surface area (Å²) >= 11 is 0. The van der Waals surface area contributed by atoms with E-state index < -0.39 is 17.9 Å². The Hall–Kier alpha value is -1.68. The van der Waals surface area contributed by atoms with Gasteiger partial charge in [0.25, 0.3) is 0 Å². The van der Waals surface area contributed by atoms with E-state index >= 15 is 0 Å². The number of rotatable bonds is 3. The second-order valence-corrected chi connectivity index (χ2v) is 4.01. The van der Waals surface area contributed by atoms with Gasteiger partial charge in [-0.15, -0.1) is 24.3 Å². The Morgan fingerprint density at radius 3 is 2.90 bits per heavy atom. The van der Waals surface area contributed by atoms with E-state index in [0.29, 0.717) is 5.75 Å². The Balaban J connectivity index is 0.00000200. The van der Waals surface area contributed by atoms with Gasteiger partial charge in [-0.3, -0.25) is 14.9 Å². The summed E-state index contributed by atoms with van der Waals surface area (Å²) in [5.41, 5.74) is 0.176. The molecule has 0 unspecified atom stereocenters. The normalized spacial score (nSPS) is 17.8. The topological polar surface area (TPSA) is 86.6 Å². The van der Waals surface area contributed by atoms with Crippen molar-refractivity contribution in [2.45, 2.75) is 18.9 Å². The van der Waals surface area contributed by atoms with Crippen molar-refractivity contribution in [3.63, 3.8) is 0 Å². The quantitative estimate of drug-likeness (QED) is 0.553. The van der Waals surface area contributed by atoms with Gasteiger partial charge in [-0.25, -0.2) is 0 Å². The number of nitrogens with zero attached hydrogens (tertiary/aromatic N) is 1. The Kier molecular flexibility index (Phi) is 5.89. The third-order valence-electron chi connectivity index (χ3n) is 2.73. The first-order valence-corrected chi connectivity index (χ1v) is 5.75. The summed E-state index contributed by atoms with van der Waals surface area (Å²) in [5.74, 6) is -1.11. The van der Waals surface area contributed by atoms with Crippen LogP contribution in [0.25, 0.3) is 5.32 Å². The van der Waals surface area contributed by atoms with Crippen molar-refractivity contribution in [3.8, 4) is 5.75 Å². The second kappa shape index (κ2) is 7.19. The van der Waals surface area contributed by atoms with Gasteiger partial charge in [-0.1, -0.05) is 5.56 Å². The van der Waals surface area contributed by atoms with Crippen LogP contribution in [0, 0.1) is 6.07 Å². The Labute approximate surface area is 130 Å². The van der Waals surface area contributed by atoms with Gasteiger partial charge >= 0.3 is 21.1 Å². The van der Waals surface area contributed by atoms with Crippen molar-refractivity contribution in [1.82, 2.24) is 5.32 Å². The first-order chi connectivity index (χ1) is 9.11. The monoisotopic (exact) mass is 444 g/mol. The average molecular weight is 444 g/mol. The molecule has 1 atom stereocenters. The number of piperidine rings is 1. The molecule has 1 aromatic rings. The van der Waals surface area contributed by atoms with Crippen LogP contribution in [0.1, 0.15) is 23.2 Å². The fourth-order valence-corrected chi connectivity index (χ4v) is 1.77. The molecular weight excluding hydrogens is 432 g/mol. The fraction of sp³-hybridized carbons (Fsp3) is 0.308. The first kappa shape index (κ1) is 16.4. The SMILES string of the molecule is COc1ccc[c-]c1C(=O)[N-][C@@H]1CCC(=O)NC1=O.[W+2]. The van der Waals surface area contributed by atoms with Crippen LogP contribution in [0.3, 0.4) is 0 Å². The molecule has 1 N–H and O–H groups in total. The van der Waals surface area contributed by atoms with Crippen LogP contribution in [0.5, 0.6) is 5.75 Å². The number of methoxy groups -OCH3 is 1. The number of carbonyl (C=O) groups excluding carboxylic acids is 3. The zero-order valence-corrected chi connectivity index (χ0v) is 13.6. The van der Waals surface area contributed by atoms with Crippen LogP contribution >= 0.6 is 0 Å². The van der Waals surface area contributed by atoms with Crippen molar-refractivity contribution >= 4 is 17.7 Å². The van der Waals surface area contributed by atoms with Gasteiger partial charge in [0, 0.05) is 12.2 Å². The maximum atomic E-state index is 12.0. The van der Waals surface area contributed by atoms with E-state index in [0.717, 1.165) is 0 Å². The summed E-state index contributed by atoms with van der Waals surface area (Å²) in [4.78, 5) is 34.5. The van der Waals surface area contributed by atoms with Crippen LogP contribution in [0.4, 0.5) is 0 Å². The van der Waals surface area contributed by atoms with Crippen LogP contribution in [0.2, 0.25) is 0 Å². The summed E-state index contributed by atoms with van der Waals surface area (Å²) in [5, 5.41) is 5.97.